The van der Waals surface area contributed by atoms with Crippen LogP contribution < -0.4 is 21.3 Å². The number of likely N-dealkylation sites (tertiary alicyclic amines) is 2. The van der Waals surface area contributed by atoms with Gasteiger partial charge in [0.15, 0.2) is 5.82 Å². The van der Waals surface area contributed by atoms with E-state index in [1.54, 1.807) is 40.1 Å². The number of hydrogen-bond acceptors (Lipinski definition) is 7. The van der Waals surface area contributed by atoms with Crippen LogP contribution >= 0.6 is 0 Å². The second-order valence-corrected chi connectivity index (χ2v) is 18.2. The van der Waals surface area contributed by atoms with E-state index in [1.165, 1.54) is 34.1 Å². The Labute approximate surface area is 364 Å². The van der Waals surface area contributed by atoms with Crippen LogP contribution in [0.15, 0.2) is 36.4 Å². The summed E-state index contributed by atoms with van der Waals surface area (Å²) in [5.41, 5.74) is 2.28. The Morgan fingerprint density at radius 1 is 0.762 bits per heavy atom. The molecule has 4 aliphatic rings. The average molecular weight is 878 g/mol. The number of amides is 4. The second-order valence-electron chi connectivity index (χ2n) is 18.2. The number of benzene rings is 2. The lowest BCUT2D eigenvalue weighted by atomic mass is 9.83. The predicted octanol–water partition coefficient (Wildman–Crippen LogP) is 5.06. The van der Waals surface area contributed by atoms with Crippen molar-refractivity contribution in [2.75, 3.05) is 27.2 Å². The third-order valence-corrected chi connectivity index (χ3v) is 13.9. The van der Waals surface area contributed by atoms with Gasteiger partial charge >= 0.3 is 0 Å². The van der Waals surface area contributed by atoms with Crippen molar-refractivity contribution in [1.29, 1.82) is 0 Å². The Balaban J connectivity index is 1.16. The summed E-state index contributed by atoms with van der Waals surface area (Å²) in [5.74, 6) is -2.25. The number of halogens is 4. The number of nitrogens with one attached hydrogen (secondary N) is 5. The lowest BCUT2D eigenvalue weighted by Gasteiger charge is -2.35. The summed E-state index contributed by atoms with van der Waals surface area (Å²) in [6.45, 7) is 3.15. The molecule has 4 fully saturated rings. The van der Waals surface area contributed by atoms with Crippen LogP contribution in [0.25, 0.3) is 33.5 Å². The smallest absolute Gasteiger partial charge is 0.245 e. The highest BCUT2D eigenvalue weighted by molar-refractivity contribution is 5.93. The van der Waals surface area contributed by atoms with Crippen molar-refractivity contribution < 1.29 is 36.7 Å². The van der Waals surface area contributed by atoms with Crippen LogP contribution in [0.1, 0.15) is 77.2 Å². The molecular weight excluding hydrogens is 819 g/mol. The maximum Gasteiger partial charge on any atom is 0.245 e. The number of rotatable bonds is 15. The first-order valence-corrected chi connectivity index (χ1v) is 22.5. The number of nitrogens with zero attached hydrogens (tertiary/aromatic N) is 4. The fraction of sp³-hybridized carbons (Fsp3) is 0.587. The van der Waals surface area contributed by atoms with Crippen LogP contribution in [-0.4, -0.2) is 124 Å². The first kappa shape index (κ1) is 44.6. The van der Waals surface area contributed by atoms with Gasteiger partial charge in [0.1, 0.15) is 36.1 Å². The highest BCUT2D eigenvalue weighted by Crippen LogP contribution is 2.39. The number of aromatic nitrogens is 3. The van der Waals surface area contributed by atoms with E-state index < -0.39 is 60.2 Å². The number of likely N-dealkylation sites (N-methyl/N-ethyl adjacent to an activating group) is 2. The molecule has 4 heterocycles. The van der Waals surface area contributed by atoms with Gasteiger partial charge in [0.25, 0.3) is 0 Å². The average Bonchev–Trinajstić information content (AvgIpc) is 3.64. The molecule has 13 nitrogen and oxygen atoms in total. The zero-order chi connectivity index (χ0) is 44.7. The van der Waals surface area contributed by atoms with Crippen LogP contribution in [0.3, 0.4) is 0 Å². The number of H-pyrrole nitrogens is 1. The van der Waals surface area contributed by atoms with Gasteiger partial charge in [0.05, 0.1) is 47.9 Å². The van der Waals surface area contributed by atoms with Crippen molar-refractivity contribution in [2.24, 2.45) is 11.8 Å². The summed E-state index contributed by atoms with van der Waals surface area (Å²) in [6.07, 6.45) is 3.42. The molecule has 0 bridgehead atoms. The summed E-state index contributed by atoms with van der Waals surface area (Å²) >= 11 is 0. The monoisotopic (exact) mass is 877 g/mol. The third kappa shape index (κ3) is 9.31. The van der Waals surface area contributed by atoms with Crippen LogP contribution in [0.2, 0.25) is 0 Å². The lowest BCUT2D eigenvalue weighted by Crippen LogP contribution is -2.57. The standard InChI is InChI=1S/C46H59F4N9O4/c1-24(51-3)43(60)55-39(26-8-6-5-7-9-26)46(63)58-22-31(50)17-33(58)23-59-38-15-13-29(48)19-37(38)54-42(59)41-35(34-14-12-28(47)18-36(34)53-41)20-32-16-30(49)21-57(32)45(62)40(27-10-11-27)56-44(61)25(2)52-4/h12-15,18-19,24-27,30-33,39-40,51-53H,5-11,16-17,20-23H2,1-4H3,(H,55,60)(H,56,61)/t24-,25-,30-,31-,32-,33-,39-,40?/m0/s1. The van der Waals surface area contributed by atoms with E-state index in [-0.39, 0.29) is 74.4 Å². The predicted molar refractivity (Wildman–Crippen MR) is 231 cm³/mol. The Kier molecular flexibility index (Phi) is 13.2. The van der Waals surface area contributed by atoms with E-state index in [1.807, 2.05) is 4.57 Å². The van der Waals surface area contributed by atoms with Gasteiger partial charge in [0, 0.05) is 42.4 Å². The largest absolute Gasteiger partial charge is 0.352 e. The summed E-state index contributed by atoms with van der Waals surface area (Å²) in [5, 5.41) is 12.3. The fourth-order valence-electron chi connectivity index (χ4n) is 10.0. The van der Waals surface area contributed by atoms with Gasteiger partial charge in [-0.15, -0.1) is 0 Å². The molecule has 4 aromatic rings. The maximum atomic E-state index is 15.7. The Morgan fingerprint density at radius 2 is 1.32 bits per heavy atom. The topological polar surface area (TPSA) is 156 Å². The minimum atomic E-state index is -1.34. The van der Waals surface area contributed by atoms with Gasteiger partial charge in [-0.2, -0.15) is 0 Å². The summed E-state index contributed by atoms with van der Waals surface area (Å²) in [4.78, 5) is 66.5. The van der Waals surface area contributed by atoms with Crippen molar-refractivity contribution in [1.82, 2.24) is 45.6 Å². The number of imidazole rings is 1. The first-order chi connectivity index (χ1) is 30.2. The van der Waals surface area contributed by atoms with Gasteiger partial charge in [-0.3, -0.25) is 19.2 Å². The van der Waals surface area contributed by atoms with E-state index in [4.69, 9.17) is 4.98 Å². The Hall–Kier alpha value is -5.03. The molecule has 63 heavy (non-hydrogen) atoms. The molecule has 2 aliphatic heterocycles. The van der Waals surface area contributed by atoms with E-state index >= 15 is 8.78 Å². The van der Waals surface area contributed by atoms with E-state index in [9.17, 15) is 28.0 Å². The Morgan fingerprint density at radius 3 is 1.92 bits per heavy atom. The normalized spacial score (nSPS) is 23.9. The Bertz CT molecular complexity index is 2340. The van der Waals surface area contributed by atoms with Crippen LogP contribution in [-0.2, 0) is 32.1 Å². The van der Waals surface area contributed by atoms with Crippen molar-refractivity contribution in [3.8, 4) is 11.5 Å². The minimum absolute atomic E-state index is 0.0118. The minimum Gasteiger partial charge on any atom is -0.352 e. The third-order valence-electron chi connectivity index (χ3n) is 13.9. The highest BCUT2D eigenvalue weighted by Gasteiger charge is 2.46. The molecule has 8 atom stereocenters. The molecule has 0 radical (unpaired) electrons. The number of hydrogen-bond donors (Lipinski definition) is 5. The lowest BCUT2D eigenvalue weighted by molar-refractivity contribution is -0.139. The zero-order valence-corrected chi connectivity index (χ0v) is 36.4. The molecule has 2 saturated carbocycles. The van der Waals surface area contributed by atoms with Crippen LogP contribution in [0.4, 0.5) is 17.6 Å². The van der Waals surface area contributed by atoms with Gasteiger partial charge in [-0.1, -0.05) is 19.3 Å². The van der Waals surface area contributed by atoms with Crippen molar-refractivity contribution in [3.63, 3.8) is 0 Å². The molecule has 0 spiro atoms. The zero-order valence-electron chi connectivity index (χ0n) is 36.4. The molecule has 17 heteroatoms. The summed E-state index contributed by atoms with van der Waals surface area (Å²) in [7, 11) is 3.32. The first-order valence-electron chi connectivity index (χ1n) is 22.5. The highest BCUT2D eigenvalue weighted by atomic mass is 19.1. The quantitative estimate of drug-likeness (QED) is 0.105. The summed E-state index contributed by atoms with van der Waals surface area (Å²) < 4.78 is 62.9. The van der Waals surface area contributed by atoms with E-state index in [0.717, 1.165) is 44.9 Å². The van der Waals surface area contributed by atoms with Crippen LogP contribution in [0, 0.1) is 23.5 Å². The number of aromatic amines is 1. The molecule has 4 amide bonds. The van der Waals surface area contributed by atoms with Gasteiger partial charge in [-0.05, 0) is 108 Å². The number of carbonyl (C=O) groups is 4. The molecule has 1 unspecified atom stereocenters. The number of fused-ring (bicyclic) bond motifs is 2. The number of alkyl halides is 2. The van der Waals surface area contributed by atoms with Gasteiger partial charge in [-0.25, -0.2) is 22.5 Å². The molecule has 5 N–H and O–H groups in total. The SMILES string of the molecule is CN[C@@H](C)C(=O)NC(C(=O)N1C[C@@H](F)C[C@H]1Cc1c(-c2nc3cc(F)ccc3n2C[C@@H]2C[C@H](F)CN2C(=O)[C@@H](NC(=O)[C@H](C)NC)C2CCCCC2)[nH]c2cc(F)ccc12)C1CC1. The molecular formula is C46H59F4N9O4. The van der Waals surface area contributed by atoms with Gasteiger partial charge < -0.3 is 40.6 Å². The van der Waals surface area contributed by atoms with Crippen molar-refractivity contribution in [3.05, 3.63) is 53.6 Å². The van der Waals surface area contributed by atoms with Gasteiger partial charge in [0.2, 0.25) is 23.6 Å². The summed E-state index contributed by atoms with van der Waals surface area (Å²) in [6, 6.07) is 4.37. The number of carbonyl (C=O) groups excluding carboxylic acids is 4. The molecule has 2 aromatic carbocycles. The second kappa shape index (κ2) is 18.6. The van der Waals surface area contributed by atoms with Crippen LogP contribution in [0.5, 0.6) is 0 Å². The molecule has 2 saturated heterocycles. The molecule has 2 aromatic heterocycles. The van der Waals surface area contributed by atoms with Crippen molar-refractivity contribution in [2.45, 2.75) is 133 Å². The van der Waals surface area contributed by atoms with Crippen molar-refractivity contribution >= 4 is 45.6 Å². The van der Waals surface area contributed by atoms with E-state index in [2.05, 4.69) is 26.3 Å². The molecule has 8 rings (SSSR count). The van der Waals surface area contributed by atoms with E-state index in [0.29, 0.717) is 39.0 Å². The molecule has 2 aliphatic carbocycles. The maximum absolute atomic E-state index is 15.7. The molecule has 340 valence electrons. The fourth-order valence-corrected chi connectivity index (χ4v) is 10.0.